The van der Waals surface area contributed by atoms with Gasteiger partial charge in [0, 0.05) is 37.2 Å². The molecule has 0 saturated heterocycles. The van der Waals surface area contributed by atoms with Gasteiger partial charge in [-0.1, -0.05) is 0 Å². The zero-order chi connectivity index (χ0) is 17.4. The van der Waals surface area contributed by atoms with Crippen molar-refractivity contribution in [2.45, 2.75) is 25.3 Å². The van der Waals surface area contributed by atoms with Crippen LogP contribution in [0.5, 0.6) is 0 Å². The number of nitrogens with zero attached hydrogens (tertiary/aromatic N) is 2. The molecule has 24 heavy (non-hydrogen) atoms. The molecule has 0 bridgehead atoms. The topological polar surface area (TPSA) is 97.4 Å². The Morgan fingerprint density at radius 1 is 1.50 bits per heavy atom. The van der Waals surface area contributed by atoms with Crippen LogP contribution in [0, 0.1) is 16.0 Å². The summed E-state index contributed by atoms with van der Waals surface area (Å²) in [5, 5.41) is 24.3. The van der Waals surface area contributed by atoms with Crippen molar-refractivity contribution in [3.8, 4) is 0 Å². The minimum Gasteiger partial charge on any atom is -0.396 e. The summed E-state index contributed by atoms with van der Waals surface area (Å²) in [5.74, 6) is 0.460. The molecule has 3 rings (SSSR count). The van der Waals surface area contributed by atoms with Gasteiger partial charge in [0.1, 0.15) is 4.47 Å². The number of rotatable bonds is 6. The van der Waals surface area contributed by atoms with Crippen molar-refractivity contribution in [1.82, 2.24) is 4.57 Å². The molecule has 1 fully saturated rings. The number of aromatic nitrogens is 1. The Hall–Kier alpha value is -1.93. The summed E-state index contributed by atoms with van der Waals surface area (Å²) in [6.07, 6.45) is 2.74. The lowest BCUT2D eigenvalue weighted by molar-refractivity contribution is -0.384. The van der Waals surface area contributed by atoms with Crippen LogP contribution in [-0.2, 0) is 7.05 Å². The molecule has 1 atom stereocenters. The fourth-order valence-electron chi connectivity index (χ4n) is 3.00. The number of aryl methyl sites for hydroxylation is 1. The first-order valence-electron chi connectivity index (χ1n) is 7.78. The van der Waals surface area contributed by atoms with Gasteiger partial charge in [0.05, 0.1) is 16.1 Å². The Bertz CT molecular complexity index is 861. The number of non-ortho nitro benzene ring substituents is 1. The van der Waals surface area contributed by atoms with E-state index in [4.69, 9.17) is 0 Å². The van der Waals surface area contributed by atoms with Gasteiger partial charge in [-0.25, -0.2) is 0 Å². The lowest BCUT2D eigenvalue weighted by atomic mass is 10.1. The highest BCUT2D eigenvalue weighted by molar-refractivity contribution is 9.10. The Morgan fingerprint density at radius 2 is 2.21 bits per heavy atom. The molecule has 1 heterocycles. The van der Waals surface area contributed by atoms with Crippen LogP contribution in [0.2, 0.25) is 0 Å². The summed E-state index contributed by atoms with van der Waals surface area (Å²) in [6.45, 7) is 0.0503. The van der Waals surface area contributed by atoms with Crippen molar-refractivity contribution >= 4 is 38.2 Å². The molecule has 2 aromatic rings. The number of nitro groups is 1. The van der Waals surface area contributed by atoms with Crippen molar-refractivity contribution in [2.75, 3.05) is 11.9 Å². The highest BCUT2D eigenvalue weighted by Gasteiger charge is 2.32. The molecule has 0 radical (unpaired) electrons. The normalized spacial score (nSPS) is 15.5. The Balaban J connectivity index is 2.18. The van der Waals surface area contributed by atoms with E-state index in [0.29, 0.717) is 33.4 Å². The van der Waals surface area contributed by atoms with E-state index < -0.39 is 4.92 Å². The molecule has 8 heteroatoms. The van der Waals surface area contributed by atoms with Crippen LogP contribution in [0.15, 0.2) is 27.5 Å². The smallest absolute Gasteiger partial charge is 0.270 e. The minimum absolute atomic E-state index is 0.0266. The molecule has 1 aliphatic rings. The second kappa shape index (κ2) is 6.52. The maximum Gasteiger partial charge on any atom is 0.270 e. The maximum absolute atomic E-state index is 12.4. The monoisotopic (exact) mass is 395 g/mol. The molecule has 1 saturated carbocycles. The molecule has 7 nitrogen and oxygen atoms in total. The predicted octanol–water partition coefficient (Wildman–Crippen LogP) is 2.78. The minimum atomic E-state index is -0.450. The summed E-state index contributed by atoms with van der Waals surface area (Å²) in [7, 11) is 1.64. The number of aliphatic hydroxyl groups is 1. The van der Waals surface area contributed by atoms with E-state index in [2.05, 4.69) is 21.2 Å². The second-order valence-electron chi connectivity index (χ2n) is 6.11. The number of anilines is 1. The van der Waals surface area contributed by atoms with E-state index >= 15 is 0 Å². The van der Waals surface area contributed by atoms with Crippen LogP contribution in [0.3, 0.4) is 0 Å². The van der Waals surface area contributed by atoms with Crippen molar-refractivity contribution in [3.05, 3.63) is 43.1 Å². The molecule has 0 spiro atoms. The summed E-state index contributed by atoms with van der Waals surface area (Å²) >= 11 is 3.33. The number of nitrogens with one attached hydrogen (secondary N) is 1. The van der Waals surface area contributed by atoms with Crippen molar-refractivity contribution < 1.29 is 10.0 Å². The largest absolute Gasteiger partial charge is 0.396 e. The second-order valence-corrected chi connectivity index (χ2v) is 6.91. The highest BCUT2D eigenvalue weighted by Crippen LogP contribution is 2.38. The average Bonchev–Trinajstić information content (AvgIpc) is 3.40. The van der Waals surface area contributed by atoms with Crippen LogP contribution in [-0.4, -0.2) is 27.2 Å². The number of pyridine rings is 1. The lowest BCUT2D eigenvalue weighted by Crippen LogP contribution is -2.26. The predicted molar refractivity (Wildman–Crippen MR) is 95.4 cm³/mol. The number of benzene rings is 1. The summed E-state index contributed by atoms with van der Waals surface area (Å²) in [5.41, 5.74) is 0.940. The van der Waals surface area contributed by atoms with Crippen LogP contribution in [0.25, 0.3) is 10.9 Å². The molecule has 0 aliphatic heterocycles. The summed E-state index contributed by atoms with van der Waals surface area (Å²) in [6, 6.07) is 4.50. The van der Waals surface area contributed by atoms with Gasteiger partial charge in [-0.05, 0) is 47.2 Å². The fraction of sp³-hybridized carbons (Fsp3) is 0.438. The molecule has 1 aromatic carbocycles. The van der Waals surface area contributed by atoms with E-state index in [1.807, 2.05) is 0 Å². The molecule has 0 amide bonds. The number of hydrogen-bond acceptors (Lipinski definition) is 5. The highest BCUT2D eigenvalue weighted by atomic mass is 79.9. The van der Waals surface area contributed by atoms with Crippen LogP contribution >= 0.6 is 15.9 Å². The van der Waals surface area contributed by atoms with Crippen LogP contribution < -0.4 is 10.9 Å². The Morgan fingerprint density at radius 3 is 2.79 bits per heavy atom. The molecule has 2 N–H and O–H groups in total. The van der Waals surface area contributed by atoms with E-state index in [9.17, 15) is 20.0 Å². The summed E-state index contributed by atoms with van der Waals surface area (Å²) in [4.78, 5) is 23.1. The van der Waals surface area contributed by atoms with Gasteiger partial charge >= 0.3 is 0 Å². The molecule has 1 aliphatic carbocycles. The van der Waals surface area contributed by atoms with Crippen molar-refractivity contribution in [3.63, 3.8) is 0 Å². The van der Waals surface area contributed by atoms with E-state index in [1.54, 1.807) is 13.1 Å². The number of fused-ring (bicyclic) bond motifs is 1. The molecule has 128 valence electrons. The number of aliphatic hydroxyl groups excluding tert-OH is 1. The molecule has 1 aromatic heterocycles. The first kappa shape index (κ1) is 16.9. The lowest BCUT2D eigenvalue weighted by Gasteiger charge is -2.21. The maximum atomic E-state index is 12.4. The van der Waals surface area contributed by atoms with Gasteiger partial charge in [0.25, 0.3) is 11.2 Å². The number of halogens is 1. The van der Waals surface area contributed by atoms with Crippen LogP contribution in [0.1, 0.15) is 19.3 Å². The first-order valence-corrected chi connectivity index (χ1v) is 8.57. The van der Waals surface area contributed by atoms with E-state index in [-0.39, 0.29) is 23.9 Å². The SMILES string of the molecule is Cn1c(=O)c(Br)c(N[C@H](CCO)C2CC2)c2cc([N+](=O)[O-])ccc21. The zero-order valence-corrected chi connectivity index (χ0v) is 14.7. The average molecular weight is 396 g/mol. The fourth-order valence-corrected chi connectivity index (χ4v) is 3.60. The molecular formula is C16H18BrN3O4. The van der Waals surface area contributed by atoms with Crippen molar-refractivity contribution in [2.24, 2.45) is 13.0 Å². The number of hydrogen-bond donors (Lipinski definition) is 2. The quantitative estimate of drug-likeness (QED) is 0.578. The van der Waals surface area contributed by atoms with Gasteiger partial charge in [0.15, 0.2) is 0 Å². The third-order valence-corrected chi connectivity index (χ3v) is 5.23. The van der Waals surface area contributed by atoms with E-state index in [0.717, 1.165) is 12.8 Å². The number of nitro benzene ring substituents is 1. The third-order valence-electron chi connectivity index (χ3n) is 4.49. The standard InChI is InChI=1S/C16H18BrN3O4/c1-19-13-5-4-10(20(23)24)8-11(13)15(14(17)16(19)22)18-12(6-7-21)9-2-3-9/h4-5,8-9,12,18,21H,2-3,6-7H2,1H3/t12-/m1/s1. The summed E-state index contributed by atoms with van der Waals surface area (Å²) < 4.78 is 1.81. The Labute approximate surface area is 146 Å². The molecule has 0 unspecified atom stereocenters. The van der Waals surface area contributed by atoms with Crippen molar-refractivity contribution in [1.29, 1.82) is 0 Å². The first-order chi connectivity index (χ1) is 11.4. The van der Waals surface area contributed by atoms with Crippen LogP contribution in [0.4, 0.5) is 11.4 Å². The van der Waals surface area contributed by atoms with Gasteiger partial charge in [-0.15, -0.1) is 0 Å². The van der Waals surface area contributed by atoms with Gasteiger partial charge in [0.2, 0.25) is 0 Å². The van der Waals surface area contributed by atoms with E-state index in [1.165, 1.54) is 16.7 Å². The Kier molecular flexibility index (Phi) is 4.60. The zero-order valence-electron chi connectivity index (χ0n) is 13.2. The van der Waals surface area contributed by atoms with Gasteiger partial charge in [-0.2, -0.15) is 0 Å². The van der Waals surface area contributed by atoms with Gasteiger partial charge < -0.3 is 15.0 Å². The third kappa shape index (κ3) is 3.03. The van der Waals surface area contributed by atoms with Gasteiger partial charge in [-0.3, -0.25) is 14.9 Å². The molecular weight excluding hydrogens is 378 g/mol.